The Kier molecular flexibility index (Phi) is 6.27. The van der Waals surface area contributed by atoms with Gasteiger partial charge in [-0.1, -0.05) is 36.4 Å². The van der Waals surface area contributed by atoms with Gasteiger partial charge in [0.2, 0.25) is 0 Å². The molecular weight excluding hydrogens is 409 g/mol. The van der Waals surface area contributed by atoms with Gasteiger partial charge in [0.15, 0.2) is 7.60 Å². The molecule has 0 heterocycles. The molecule has 2 amide bonds. The first-order chi connectivity index (χ1) is 14.3. The molecular formula is C20H18N3O6P. The van der Waals surface area contributed by atoms with Crippen molar-refractivity contribution in [1.29, 1.82) is 0 Å². The van der Waals surface area contributed by atoms with Crippen LogP contribution in [-0.4, -0.2) is 21.1 Å². The van der Waals surface area contributed by atoms with Crippen molar-refractivity contribution in [1.82, 2.24) is 5.32 Å². The summed E-state index contributed by atoms with van der Waals surface area (Å²) in [5.74, 6) is -1.77. The van der Waals surface area contributed by atoms with E-state index >= 15 is 0 Å². The van der Waals surface area contributed by atoms with Crippen molar-refractivity contribution < 1.29 is 29.3 Å². The summed E-state index contributed by atoms with van der Waals surface area (Å²) >= 11 is 0. The Morgan fingerprint density at radius 3 is 1.80 bits per heavy atom. The summed E-state index contributed by atoms with van der Waals surface area (Å²) in [5.41, 5.74) is 0.834. The lowest BCUT2D eigenvalue weighted by Gasteiger charge is -2.31. The highest BCUT2D eigenvalue weighted by Crippen LogP contribution is 2.46. The molecule has 0 aliphatic carbocycles. The number of amides is 2. The zero-order chi connectivity index (χ0) is 21.7. The van der Waals surface area contributed by atoms with E-state index in [0.29, 0.717) is 11.4 Å². The number of nitrogens with one attached hydrogen (secondary N) is 1. The zero-order valence-corrected chi connectivity index (χ0v) is 16.4. The number of carbonyl (C=O) groups excluding carboxylic acids is 1. The lowest BCUT2D eigenvalue weighted by Crippen LogP contribution is -2.40. The second kappa shape index (κ2) is 8.87. The van der Waals surface area contributed by atoms with Crippen LogP contribution in [0.15, 0.2) is 84.9 Å². The first kappa shape index (κ1) is 21.2. The Morgan fingerprint density at radius 2 is 1.40 bits per heavy atom. The highest BCUT2D eigenvalue weighted by atomic mass is 31.2. The number of urea groups is 1. The normalized spacial score (nSPS) is 13.7. The lowest BCUT2D eigenvalue weighted by atomic mass is 10.2. The molecule has 3 aromatic carbocycles. The summed E-state index contributed by atoms with van der Waals surface area (Å²) in [4.78, 5) is 46.6. The van der Waals surface area contributed by atoms with E-state index in [9.17, 15) is 24.1 Å². The van der Waals surface area contributed by atoms with Crippen LogP contribution in [0.4, 0.5) is 21.9 Å². The van der Waals surface area contributed by atoms with Crippen molar-refractivity contribution >= 4 is 30.7 Å². The van der Waals surface area contributed by atoms with E-state index in [2.05, 4.69) is 5.32 Å². The van der Waals surface area contributed by atoms with Crippen LogP contribution in [0.3, 0.4) is 0 Å². The summed E-state index contributed by atoms with van der Waals surface area (Å²) < 4.78 is 12.0. The van der Waals surface area contributed by atoms with E-state index in [1.807, 2.05) is 0 Å². The smallest absolute Gasteiger partial charge is 0.327 e. The number of hydrogen-bond acceptors (Lipinski definition) is 4. The molecule has 0 aromatic heterocycles. The summed E-state index contributed by atoms with van der Waals surface area (Å²) in [7, 11) is -5.08. The number of anilines is 2. The fourth-order valence-corrected chi connectivity index (χ4v) is 3.68. The highest BCUT2D eigenvalue weighted by Gasteiger charge is 2.28. The van der Waals surface area contributed by atoms with Gasteiger partial charge < -0.3 is 19.7 Å². The largest absolute Gasteiger partial charge is 0.777 e. The molecule has 0 saturated carbocycles. The van der Waals surface area contributed by atoms with Gasteiger partial charge in [0.1, 0.15) is 5.78 Å². The van der Waals surface area contributed by atoms with E-state index in [1.54, 1.807) is 60.7 Å². The fourth-order valence-electron chi connectivity index (χ4n) is 2.86. The Morgan fingerprint density at radius 1 is 0.933 bits per heavy atom. The molecule has 3 aromatic rings. The zero-order valence-electron chi connectivity index (χ0n) is 15.5. The van der Waals surface area contributed by atoms with E-state index in [-0.39, 0.29) is 16.2 Å². The summed E-state index contributed by atoms with van der Waals surface area (Å²) in [6.07, 6.45) is 0. The van der Waals surface area contributed by atoms with Crippen molar-refractivity contribution in [3.63, 3.8) is 0 Å². The molecule has 154 valence electrons. The molecule has 30 heavy (non-hydrogen) atoms. The molecule has 0 aliphatic heterocycles. The molecule has 0 aliphatic rings. The summed E-state index contributed by atoms with van der Waals surface area (Å²) in [6.45, 7) is 0. The Labute approximate surface area is 171 Å². The monoisotopic (exact) mass is 427 g/mol. The standard InChI is InChI=1S/C20H18N3O6P/c24-20(22(16-7-3-1-4-8-16)17-9-5-2-6-10-17)21-19(30(27,28)29)15-11-13-18(14-12-15)23(25)26/h1-14,19H,(H3-,21,24,25,26,27,28,29). The predicted octanol–water partition coefficient (Wildman–Crippen LogP) is 3.58. The molecule has 3 rings (SSSR count). The van der Waals surface area contributed by atoms with Gasteiger partial charge in [0.05, 0.1) is 16.3 Å². The lowest BCUT2D eigenvalue weighted by molar-refractivity contribution is -0.729. The molecule has 0 saturated heterocycles. The maximum absolute atomic E-state index is 13.1. The molecule has 0 radical (unpaired) electrons. The molecule has 2 unspecified atom stereocenters. The SMILES string of the molecule is O=C(NC(c1ccc([N+](=O)O)cc1)P(=O)([O-])O)N(c1ccccc1)c1ccccc1. The van der Waals surface area contributed by atoms with Gasteiger partial charge in [-0.05, 0) is 42.0 Å². The molecule has 3 N–H and O–H groups in total. The minimum Gasteiger partial charge on any atom is -0.777 e. The third kappa shape index (κ3) is 4.90. The van der Waals surface area contributed by atoms with Crippen molar-refractivity contribution in [2.45, 2.75) is 5.78 Å². The number of hydrogen-bond donors (Lipinski definition) is 3. The van der Waals surface area contributed by atoms with Crippen LogP contribution in [0, 0.1) is 4.91 Å². The molecule has 0 spiro atoms. The van der Waals surface area contributed by atoms with Gasteiger partial charge in [-0.2, -0.15) is 0 Å². The first-order valence-electron chi connectivity index (χ1n) is 8.77. The van der Waals surface area contributed by atoms with Crippen molar-refractivity contribution in [3.05, 3.63) is 95.4 Å². The third-order valence-corrected chi connectivity index (χ3v) is 5.33. The Hall–Kier alpha value is -3.52. The van der Waals surface area contributed by atoms with Crippen molar-refractivity contribution in [3.8, 4) is 0 Å². The second-order valence-electron chi connectivity index (χ2n) is 6.29. The summed E-state index contributed by atoms with van der Waals surface area (Å²) in [6, 6.07) is 21.1. The number of carbonyl (C=O) groups is 1. The minimum atomic E-state index is -5.08. The fraction of sp³-hybridized carbons (Fsp3) is 0.0500. The van der Waals surface area contributed by atoms with Crippen LogP contribution in [0.1, 0.15) is 11.3 Å². The maximum Gasteiger partial charge on any atom is 0.327 e. The van der Waals surface area contributed by atoms with Gasteiger partial charge in [0, 0.05) is 12.1 Å². The van der Waals surface area contributed by atoms with Crippen LogP contribution in [0.5, 0.6) is 0 Å². The van der Waals surface area contributed by atoms with Crippen LogP contribution in [0.2, 0.25) is 0 Å². The average Bonchev–Trinajstić information content (AvgIpc) is 2.73. The topological polar surface area (TPSA) is 133 Å². The number of rotatable bonds is 6. The van der Waals surface area contributed by atoms with Crippen molar-refractivity contribution in [2.75, 3.05) is 4.90 Å². The van der Waals surface area contributed by atoms with Gasteiger partial charge in [-0.3, -0.25) is 4.90 Å². The number of benzene rings is 3. The van der Waals surface area contributed by atoms with Gasteiger partial charge >= 0.3 is 11.7 Å². The van der Waals surface area contributed by atoms with E-state index in [1.165, 1.54) is 17.0 Å². The van der Waals surface area contributed by atoms with E-state index in [4.69, 9.17) is 5.21 Å². The van der Waals surface area contributed by atoms with Crippen molar-refractivity contribution in [2.24, 2.45) is 0 Å². The predicted molar refractivity (Wildman–Crippen MR) is 108 cm³/mol. The molecule has 0 fully saturated rings. The average molecular weight is 427 g/mol. The Bertz CT molecular complexity index is 1030. The molecule has 2 atom stereocenters. The van der Waals surface area contributed by atoms with Gasteiger partial charge in [-0.15, -0.1) is 0 Å². The van der Waals surface area contributed by atoms with Crippen LogP contribution >= 0.6 is 7.60 Å². The summed E-state index contributed by atoms with van der Waals surface area (Å²) in [5, 5.41) is 11.2. The van der Waals surface area contributed by atoms with Crippen LogP contribution in [-0.2, 0) is 4.57 Å². The Balaban J connectivity index is 1.97. The molecule has 0 bridgehead atoms. The second-order valence-corrected chi connectivity index (χ2v) is 7.93. The van der Waals surface area contributed by atoms with Gasteiger partial charge in [-0.25, -0.2) is 10.0 Å². The van der Waals surface area contributed by atoms with Crippen LogP contribution < -0.4 is 15.1 Å². The highest BCUT2D eigenvalue weighted by molar-refractivity contribution is 7.50. The third-order valence-electron chi connectivity index (χ3n) is 4.25. The maximum atomic E-state index is 13.1. The molecule has 10 heteroatoms. The molecule has 9 nitrogen and oxygen atoms in total. The first-order valence-corrected chi connectivity index (χ1v) is 10.4. The number of nitrogens with zero attached hydrogens (tertiary/aromatic N) is 2. The van der Waals surface area contributed by atoms with Gasteiger partial charge in [0.25, 0.3) is 4.92 Å². The minimum absolute atomic E-state index is 0.0101. The quantitative estimate of drug-likeness (QED) is 0.407. The van der Waals surface area contributed by atoms with E-state index < -0.39 is 19.4 Å². The van der Waals surface area contributed by atoms with Crippen LogP contribution in [0.25, 0.3) is 0 Å². The van der Waals surface area contributed by atoms with E-state index in [0.717, 1.165) is 12.1 Å². The number of para-hydroxylation sites is 2.